The van der Waals surface area contributed by atoms with Crippen molar-refractivity contribution in [2.24, 2.45) is 0 Å². The van der Waals surface area contributed by atoms with E-state index in [9.17, 15) is 0 Å². The van der Waals surface area contributed by atoms with Crippen molar-refractivity contribution in [3.63, 3.8) is 0 Å². The predicted molar refractivity (Wildman–Crippen MR) is 62.7 cm³/mol. The summed E-state index contributed by atoms with van der Waals surface area (Å²) in [7, 11) is 0. The third-order valence-electron chi connectivity index (χ3n) is 1.52. The molecule has 0 bridgehead atoms. The van der Waals surface area contributed by atoms with Crippen molar-refractivity contribution in [2.45, 2.75) is 25.7 Å². The van der Waals surface area contributed by atoms with Gasteiger partial charge in [0.25, 0.3) is 0 Å². The van der Waals surface area contributed by atoms with Gasteiger partial charge >= 0.3 is 21.1 Å². The summed E-state index contributed by atoms with van der Waals surface area (Å²) in [4.78, 5) is 0. The van der Waals surface area contributed by atoms with Crippen molar-refractivity contribution in [2.75, 3.05) is 0 Å². The molecule has 64 valence electrons. The van der Waals surface area contributed by atoms with Crippen molar-refractivity contribution in [3.8, 4) is 0 Å². The summed E-state index contributed by atoms with van der Waals surface area (Å²) in [5, 5.41) is 0. The van der Waals surface area contributed by atoms with Gasteiger partial charge in [-0.2, -0.15) is 0 Å². The van der Waals surface area contributed by atoms with Gasteiger partial charge in [0.2, 0.25) is 0 Å². The Morgan fingerprint density at radius 2 is 1.27 bits per heavy atom. The van der Waals surface area contributed by atoms with Crippen molar-refractivity contribution in [3.05, 3.63) is 19.3 Å². The van der Waals surface area contributed by atoms with E-state index in [2.05, 4.69) is 57.3 Å². The Bertz CT molecular complexity index is 155. The molecule has 0 saturated heterocycles. The first-order valence-corrected chi connectivity index (χ1v) is 5.64. The van der Waals surface area contributed by atoms with E-state index in [1.54, 1.807) is 7.16 Å². The summed E-state index contributed by atoms with van der Waals surface area (Å²) >= 11 is 4.93. The summed E-state index contributed by atoms with van der Waals surface area (Å²) in [6.07, 6.45) is 9.53. The van der Waals surface area contributed by atoms with Crippen LogP contribution in [-0.4, -0.2) is 0 Å². The van der Waals surface area contributed by atoms with Gasteiger partial charge in [-0.15, -0.1) is 0 Å². The minimum Gasteiger partial charge on any atom is -0.0882 e. The molecule has 0 heterocycles. The van der Waals surface area contributed by atoms with Crippen LogP contribution in [0.25, 0.3) is 0 Å². The summed E-state index contributed by atoms with van der Waals surface area (Å²) in [5.41, 5.74) is 0. The predicted octanol–water partition coefficient (Wildman–Crippen LogP) is 4.20. The number of allylic oxidation sites excluding steroid dienone is 4. The summed E-state index contributed by atoms with van der Waals surface area (Å²) in [5.74, 6) is 0. The Balaban J connectivity index is 0.000001000. The maximum absolute atomic E-state index is 2.46. The minimum atomic E-state index is 0. The van der Waals surface area contributed by atoms with Gasteiger partial charge < -0.3 is 0 Å². The standard InChI is InChI=1S/C8H10I2.Pt/c9-7-5-3-1-2-4-6-8(7)10;/h1-2H,3-6H2;/q;+2. The first-order valence-electron chi connectivity index (χ1n) is 3.48. The second-order valence-electron chi connectivity index (χ2n) is 2.36. The van der Waals surface area contributed by atoms with Gasteiger partial charge in [-0.05, 0) is 70.9 Å². The molecule has 1 rings (SSSR count). The molecule has 0 aromatic heterocycles. The Hall–Kier alpha value is 1.63. The van der Waals surface area contributed by atoms with Crippen LogP contribution in [0.5, 0.6) is 0 Å². The Morgan fingerprint density at radius 3 is 1.64 bits per heavy atom. The quantitative estimate of drug-likeness (QED) is 0.311. The number of halogens is 2. The van der Waals surface area contributed by atoms with E-state index in [1.807, 2.05) is 0 Å². The van der Waals surface area contributed by atoms with Gasteiger partial charge in [0.15, 0.2) is 0 Å². The van der Waals surface area contributed by atoms with Gasteiger partial charge in [0.1, 0.15) is 0 Å². The molecule has 0 aliphatic heterocycles. The second-order valence-corrected chi connectivity index (χ2v) is 4.96. The van der Waals surface area contributed by atoms with Crippen LogP contribution >= 0.6 is 45.2 Å². The molecule has 3 heteroatoms. The van der Waals surface area contributed by atoms with E-state index < -0.39 is 0 Å². The number of rotatable bonds is 0. The van der Waals surface area contributed by atoms with Gasteiger partial charge in [-0.1, -0.05) is 12.2 Å². The maximum atomic E-state index is 2.46. The zero-order chi connectivity index (χ0) is 7.40. The van der Waals surface area contributed by atoms with Crippen molar-refractivity contribution < 1.29 is 21.1 Å². The van der Waals surface area contributed by atoms with E-state index in [1.165, 1.54) is 25.7 Å². The third kappa shape index (κ3) is 5.04. The summed E-state index contributed by atoms with van der Waals surface area (Å²) in [6, 6.07) is 0. The normalized spacial score (nSPS) is 18.7. The third-order valence-corrected chi connectivity index (χ3v) is 4.93. The first-order chi connectivity index (χ1) is 4.80. The number of hydrogen-bond donors (Lipinski definition) is 0. The molecular formula is C8H10I2Pt+2. The van der Waals surface area contributed by atoms with Crippen LogP contribution in [0.4, 0.5) is 0 Å². The van der Waals surface area contributed by atoms with Crippen molar-refractivity contribution in [1.82, 2.24) is 0 Å². The molecule has 0 aromatic carbocycles. The largest absolute Gasteiger partial charge is 2.00 e. The van der Waals surface area contributed by atoms with Gasteiger partial charge in [-0.3, -0.25) is 0 Å². The van der Waals surface area contributed by atoms with Crippen molar-refractivity contribution in [1.29, 1.82) is 0 Å². The Labute approximate surface area is 110 Å². The average molecular weight is 555 g/mol. The van der Waals surface area contributed by atoms with E-state index in [-0.39, 0.29) is 21.1 Å². The first kappa shape index (κ1) is 12.6. The molecule has 0 N–H and O–H groups in total. The van der Waals surface area contributed by atoms with Crippen LogP contribution in [0.15, 0.2) is 19.3 Å². The fraction of sp³-hybridized carbons (Fsp3) is 0.500. The summed E-state index contributed by atoms with van der Waals surface area (Å²) < 4.78 is 3.12. The molecule has 0 amide bonds. The molecule has 0 saturated carbocycles. The molecule has 1 aliphatic carbocycles. The average Bonchev–Trinajstić information content (AvgIpc) is 1.92. The zero-order valence-corrected chi connectivity index (χ0v) is 12.6. The fourth-order valence-electron chi connectivity index (χ4n) is 0.927. The van der Waals surface area contributed by atoms with Crippen molar-refractivity contribution >= 4 is 45.2 Å². The SMILES string of the molecule is IC1=C(I)CCC=CCC1.[Pt+2]. The molecule has 0 fully saturated rings. The molecule has 0 radical (unpaired) electrons. The van der Waals surface area contributed by atoms with Crippen LogP contribution in [0, 0.1) is 0 Å². The zero-order valence-electron chi connectivity index (χ0n) is 6.06. The minimum absolute atomic E-state index is 0. The molecular weight excluding hydrogens is 545 g/mol. The second kappa shape index (κ2) is 7.07. The molecule has 0 spiro atoms. The molecule has 11 heavy (non-hydrogen) atoms. The van der Waals surface area contributed by atoms with Crippen LogP contribution in [-0.2, 0) is 21.1 Å². The smallest absolute Gasteiger partial charge is 0.0882 e. The topological polar surface area (TPSA) is 0 Å². The van der Waals surface area contributed by atoms with Gasteiger partial charge in [0.05, 0.1) is 0 Å². The van der Waals surface area contributed by atoms with E-state index in [0.717, 1.165) is 0 Å². The van der Waals surface area contributed by atoms with Gasteiger partial charge in [-0.25, -0.2) is 0 Å². The molecule has 1 aliphatic rings. The van der Waals surface area contributed by atoms with Crippen LogP contribution in [0.3, 0.4) is 0 Å². The van der Waals surface area contributed by atoms with Crippen LogP contribution in [0.1, 0.15) is 25.7 Å². The van der Waals surface area contributed by atoms with E-state index in [0.29, 0.717) is 0 Å². The molecule has 0 nitrogen and oxygen atoms in total. The van der Waals surface area contributed by atoms with Crippen LogP contribution < -0.4 is 0 Å². The Kier molecular flexibility index (Phi) is 8.12. The molecule has 0 aromatic rings. The van der Waals surface area contributed by atoms with E-state index >= 15 is 0 Å². The maximum Gasteiger partial charge on any atom is 2.00 e. The number of hydrogen-bond acceptors (Lipinski definition) is 0. The molecule has 0 atom stereocenters. The summed E-state index contributed by atoms with van der Waals surface area (Å²) in [6.45, 7) is 0. The molecule has 0 unspecified atom stereocenters. The Morgan fingerprint density at radius 1 is 0.909 bits per heavy atom. The fourth-order valence-corrected chi connectivity index (χ4v) is 2.09. The van der Waals surface area contributed by atoms with Gasteiger partial charge in [0, 0.05) is 7.16 Å². The van der Waals surface area contributed by atoms with E-state index in [4.69, 9.17) is 0 Å². The monoisotopic (exact) mass is 555 g/mol. The van der Waals surface area contributed by atoms with Crippen LogP contribution in [0.2, 0.25) is 0 Å².